The molecule has 3 aromatic rings. The lowest BCUT2D eigenvalue weighted by molar-refractivity contribution is 0.474. The number of hydrogen-bond acceptors (Lipinski definition) is 2. The van der Waals surface area contributed by atoms with Gasteiger partial charge in [-0.2, -0.15) is 0 Å². The van der Waals surface area contributed by atoms with Gasteiger partial charge in [-0.1, -0.05) is 23.7 Å². The fraction of sp³-hybridized carbons (Fsp3) is 0.188. The minimum atomic E-state index is 0.282. The van der Waals surface area contributed by atoms with Gasteiger partial charge < -0.3 is 9.67 Å². The summed E-state index contributed by atoms with van der Waals surface area (Å²) in [6.45, 7) is 2.93. The number of nitrogens with zero attached hydrogens (tertiary/aromatic N) is 2. The van der Waals surface area contributed by atoms with Crippen LogP contribution in [-0.4, -0.2) is 14.7 Å². The molecule has 0 aliphatic heterocycles. The van der Waals surface area contributed by atoms with Gasteiger partial charge in [0.05, 0.1) is 11.0 Å². The van der Waals surface area contributed by atoms with Crippen LogP contribution in [0.25, 0.3) is 11.0 Å². The highest BCUT2D eigenvalue weighted by Crippen LogP contribution is 2.23. The SMILES string of the molecule is CCn1c(Cc2cccc(O)c2)nc2ccc(Cl)cc21. The third-order valence-electron chi connectivity index (χ3n) is 3.38. The van der Waals surface area contributed by atoms with Crippen molar-refractivity contribution in [3.05, 3.63) is 58.9 Å². The molecule has 0 aliphatic carbocycles. The van der Waals surface area contributed by atoms with Crippen molar-refractivity contribution in [1.82, 2.24) is 9.55 Å². The Balaban J connectivity index is 2.07. The summed E-state index contributed by atoms with van der Waals surface area (Å²) in [4.78, 5) is 4.67. The van der Waals surface area contributed by atoms with Crippen LogP contribution >= 0.6 is 11.6 Å². The van der Waals surface area contributed by atoms with Gasteiger partial charge in [0.2, 0.25) is 0 Å². The highest BCUT2D eigenvalue weighted by molar-refractivity contribution is 6.31. The van der Waals surface area contributed by atoms with Gasteiger partial charge in [-0.15, -0.1) is 0 Å². The number of hydrogen-bond donors (Lipinski definition) is 1. The molecule has 20 heavy (non-hydrogen) atoms. The lowest BCUT2D eigenvalue weighted by atomic mass is 10.1. The molecule has 0 bridgehead atoms. The summed E-state index contributed by atoms with van der Waals surface area (Å²) >= 11 is 6.06. The highest BCUT2D eigenvalue weighted by atomic mass is 35.5. The molecule has 1 aromatic heterocycles. The maximum absolute atomic E-state index is 9.55. The minimum absolute atomic E-state index is 0.282. The van der Waals surface area contributed by atoms with E-state index in [9.17, 15) is 5.11 Å². The Bertz CT molecular complexity index is 764. The van der Waals surface area contributed by atoms with Gasteiger partial charge in [-0.25, -0.2) is 4.98 Å². The maximum atomic E-state index is 9.55. The molecule has 0 aliphatic rings. The third kappa shape index (κ3) is 2.37. The first-order chi connectivity index (χ1) is 9.67. The Morgan fingerprint density at radius 1 is 1.20 bits per heavy atom. The van der Waals surface area contributed by atoms with Gasteiger partial charge in [0.15, 0.2) is 0 Å². The molecule has 4 heteroatoms. The van der Waals surface area contributed by atoms with Gasteiger partial charge in [-0.3, -0.25) is 0 Å². The molecule has 1 N–H and O–H groups in total. The van der Waals surface area contributed by atoms with Crippen molar-refractivity contribution in [2.24, 2.45) is 0 Å². The molecule has 0 atom stereocenters. The van der Waals surface area contributed by atoms with Crippen LogP contribution < -0.4 is 0 Å². The van der Waals surface area contributed by atoms with Gasteiger partial charge in [0, 0.05) is 18.0 Å². The number of phenols is 1. The maximum Gasteiger partial charge on any atom is 0.115 e. The molecule has 0 amide bonds. The zero-order valence-electron chi connectivity index (χ0n) is 11.2. The second-order valence-corrected chi connectivity index (χ2v) is 5.19. The summed E-state index contributed by atoms with van der Waals surface area (Å²) in [5, 5.41) is 10.3. The van der Waals surface area contributed by atoms with E-state index in [-0.39, 0.29) is 5.75 Å². The van der Waals surface area contributed by atoms with E-state index >= 15 is 0 Å². The molecule has 102 valence electrons. The first kappa shape index (κ1) is 13.0. The molecule has 0 unspecified atom stereocenters. The van der Waals surface area contributed by atoms with E-state index in [2.05, 4.69) is 16.5 Å². The summed E-state index contributed by atoms with van der Waals surface area (Å²) in [5.41, 5.74) is 3.04. The molecular weight excluding hydrogens is 272 g/mol. The largest absolute Gasteiger partial charge is 0.508 e. The molecular formula is C16H15ClN2O. The lowest BCUT2D eigenvalue weighted by Crippen LogP contribution is -2.02. The number of phenolic OH excluding ortho intramolecular Hbond substituents is 1. The molecule has 0 radical (unpaired) electrons. The van der Waals surface area contributed by atoms with Crippen molar-refractivity contribution in [3.8, 4) is 5.75 Å². The van der Waals surface area contributed by atoms with E-state index in [0.717, 1.165) is 34.0 Å². The van der Waals surface area contributed by atoms with E-state index in [1.807, 2.05) is 30.3 Å². The lowest BCUT2D eigenvalue weighted by Gasteiger charge is -2.06. The number of benzene rings is 2. The van der Waals surface area contributed by atoms with Gasteiger partial charge >= 0.3 is 0 Å². The van der Waals surface area contributed by atoms with E-state index in [1.54, 1.807) is 12.1 Å². The van der Waals surface area contributed by atoms with Crippen LogP contribution in [0, 0.1) is 0 Å². The molecule has 2 aromatic carbocycles. The quantitative estimate of drug-likeness (QED) is 0.790. The van der Waals surface area contributed by atoms with Crippen molar-refractivity contribution in [3.63, 3.8) is 0 Å². The van der Waals surface area contributed by atoms with Crippen LogP contribution in [-0.2, 0) is 13.0 Å². The Hall–Kier alpha value is -2.00. The average molecular weight is 287 g/mol. The number of rotatable bonds is 3. The number of aromatic nitrogens is 2. The second-order valence-electron chi connectivity index (χ2n) is 4.75. The summed E-state index contributed by atoms with van der Waals surface area (Å²) in [6, 6.07) is 13.0. The Morgan fingerprint density at radius 3 is 2.80 bits per heavy atom. The van der Waals surface area contributed by atoms with Crippen molar-refractivity contribution in [2.75, 3.05) is 0 Å². The molecule has 3 nitrogen and oxygen atoms in total. The minimum Gasteiger partial charge on any atom is -0.508 e. The van der Waals surface area contributed by atoms with E-state index < -0.39 is 0 Å². The number of aryl methyl sites for hydroxylation is 1. The predicted molar refractivity (Wildman–Crippen MR) is 81.3 cm³/mol. The number of imidazole rings is 1. The fourth-order valence-corrected chi connectivity index (χ4v) is 2.65. The first-order valence-corrected chi connectivity index (χ1v) is 6.97. The first-order valence-electron chi connectivity index (χ1n) is 6.60. The van der Waals surface area contributed by atoms with Gasteiger partial charge in [0.25, 0.3) is 0 Å². The van der Waals surface area contributed by atoms with Crippen molar-refractivity contribution < 1.29 is 5.11 Å². The normalized spacial score (nSPS) is 11.1. The van der Waals surface area contributed by atoms with Crippen LogP contribution in [0.1, 0.15) is 18.3 Å². The molecule has 3 rings (SSSR count). The summed E-state index contributed by atoms with van der Waals surface area (Å²) in [7, 11) is 0. The molecule has 0 fully saturated rings. The van der Waals surface area contributed by atoms with Crippen LogP contribution in [0.4, 0.5) is 0 Å². The van der Waals surface area contributed by atoms with E-state index in [0.29, 0.717) is 6.42 Å². The Labute approximate surface area is 122 Å². The highest BCUT2D eigenvalue weighted by Gasteiger charge is 2.10. The van der Waals surface area contributed by atoms with Gasteiger partial charge in [-0.05, 0) is 42.8 Å². The number of fused-ring (bicyclic) bond motifs is 1. The monoisotopic (exact) mass is 286 g/mol. The summed E-state index contributed by atoms with van der Waals surface area (Å²) in [6.07, 6.45) is 0.689. The van der Waals surface area contributed by atoms with Crippen LogP contribution in [0.2, 0.25) is 5.02 Å². The topological polar surface area (TPSA) is 38.0 Å². The predicted octanol–water partition coefficient (Wildman–Crippen LogP) is 4.01. The summed E-state index contributed by atoms with van der Waals surface area (Å²) < 4.78 is 2.16. The number of aromatic hydroxyl groups is 1. The number of halogens is 1. The summed E-state index contributed by atoms with van der Waals surface area (Å²) in [5.74, 6) is 1.26. The molecule has 0 saturated carbocycles. The smallest absolute Gasteiger partial charge is 0.115 e. The van der Waals surface area contributed by atoms with Crippen LogP contribution in [0.15, 0.2) is 42.5 Å². The molecule has 0 saturated heterocycles. The third-order valence-corrected chi connectivity index (χ3v) is 3.61. The van der Waals surface area contributed by atoms with E-state index in [4.69, 9.17) is 11.6 Å². The molecule has 1 heterocycles. The standard InChI is InChI=1S/C16H15ClN2O/c1-2-19-15-10-12(17)6-7-14(15)18-16(19)9-11-4-3-5-13(20)8-11/h3-8,10,20H,2,9H2,1H3. The van der Waals surface area contributed by atoms with Gasteiger partial charge in [0.1, 0.15) is 11.6 Å². The molecule has 0 spiro atoms. The Morgan fingerprint density at radius 2 is 2.05 bits per heavy atom. The van der Waals surface area contributed by atoms with Crippen LogP contribution in [0.3, 0.4) is 0 Å². The zero-order valence-corrected chi connectivity index (χ0v) is 11.9. The Kier molecular flexibility index (Phi) is 3.36. The van der Waals surface area contributed by atoms with Crippen molar-refractivity contribution >= 4 is 22.6 Å². The van der Waals surface area contributed by atoms with Crippen molar-refractivity contribution in [1.29, 1.82) is 0 Å². The average Bonchev–Trinajstić information content (AvgIpc) is 2.75. The van der Waals surface area contributed by atoms with Crippen molar-refractivity contribution in [2.45, 2.75) is 19.9 Å². The van der Waals surface area contributed by atoms with Crippen LogP contribution in [0.5, 0.6) is 5.75 Å². The van der Waals surface area contributed by atoms with E-state index in [1.165, 1.54) is 0 Å². The second kappa shape index (κ2) is 5.17. The zero-order chi connectivity index (χ0) is 14.1. The fourth-order valence-electron chi connectivity index (χ4n) is 2.48.